The molecule has 6 heteroatoms. The second kappa shape index (κ2) is 7.56. The maximum atomic E-state index is 12.7. The van der Waals surface area contributed by atoms with Crippen LogP contribution in [0.3, 0.4) is 0 Å². The summed E-state index contributed by atoms with van der Waals surface area (Å²) in [6.07, 6.45) is 3.43. The van der Waals surface area contributed by atoms with Gasteiger partial charge >= 0.3 is 5.97 Å². The molecular weight excluding hydrogens is 332 g/mol. The Morgan fingerprint density at radius 3 is 2.19 bits per heavy atom. The summed E-state index contributed by atoms with van der Waals surface area (Å²) in [6.45, 7) is 2.75. The van der Waals surface area contributed by atoms with Crippen LogP contribution in [-0.2, 0) is 4.74 Å². The van der Waals surface area contributed by atoms with Crippen molar-refractivity contribution >= 4 is 17.7 Å². The minimum absolute atomic E-state index is 0.0158. The van der Waals surface area contributed by atoms with Gasteiger partial charge in [0.05, 0.1) is 7.11 Å². The van der Waals surface area contributed by atoms with Gasteiger partial charge in [-0.05, 0) is 44.0 Å². The highest BCUT2D eigenvalue weighted by molar-refractivity contribution is 5.97. The van der Waals surface area contributed by atoms with Gasteiger partial charge in [-0.2, -0.15) is 0 Å². The van der Waals surface area contributed by atoms with E-state index in [1.807, 2.05) is 21.7 Å². The number of methoxy groups -OCH3 is 1. The SMILES string of the molecule is COC(=O)c1cccn1C1CCN(C(=O)c2ccc(C(C)=O)cc2)CC1. The van der Waals surface area contributed by atoms with Crippen molar-refractivity contribution in [3.8, 4) is 0 Å². The van der Waals surface area contributed by atoms with Crippen LogP contribution in [0.2, 0.25) is 0 Å². The number of esters is 1. The van der Waals surface area contributed by atoms with Gasteiger partial charge in [-0.1, -0.05) is 12.1 Å². The van der Waals surface area contributed by atoms with Gasteiger partial charge in [0.25, 0.3) is 5.91 Å². The monoisotopic (exact) mass is 354 g/mol. The smallest absolute Gasteiger partial charge is 0.354 e. The first-order valence-corrected chi connectivity index (χ1v) is 8.66. The number of ketones is 1. The number of piperidine rings is 1. The summed E-state index contributed by atoms with van der Waals surface area (Å²) in [7, 11) is 1.37. The quantitative estimate of drug-likeness (QED) is 0.625. The Morgan fingerprint density at radius 1 is 1.00 bits per heavy atom. The molecular formula is C20H22N2O4. The van der Waals surface area contributed by atoms with Crippen LogP contribution in [0.15, 0.2) is 42.6 Å². The number of nitrogens with zero attached hydrogens (tertiary/aromatic N) is 2. The first kappa shape index (κ1) is 17.9. The number of carbonyl (C=O) groups is 3. The normalized spacial score (nSPS) is 14.9. The summed E-state index contributed by atoms with van der Waals surface area (Å²) in [5, 5.41) is 0. The van der Waals surface area contributed by atoms with E-state index >= 15 is 0 Å². The lowest BCUT2D eigenvalue weighted by Crippen LogP contribution is -2.39. The van der Waals surface area contributed by atoms with Gasteiger partial charge in [0.1, 0.15) is 5.69 Å². The molecule has 1 aromatic carbocycles. The fourth-order valence-electron chi connectivity index (χ4n) is 3.37. The third-order valence-corrected chi connectivity index (χ3v) is 4.86. The van der Waals surface area contributed by atoms with Gasteiger partial charge < -0.3 is 14.2 Å². The Hall–Kier alpha value is -2.89. The molecule has 1 amide bonds. The molecule has 0 spiro atoms. The molecule has 6 nitrogen and oxygen atoms in total. The fourth-order valence-corrected chi connectivity index (χ4v) is 3.37. The number of rotatable bonds is 4. The van der Waals surface area contributed by atoms with Crippen LogP contribution in [0.1, 0.15) is 57.0 Å². The van der Waals surface area contributed by atoms with Crippen LogP contribution < -0.4 is 0 Å². The van der Waals surface area contributed by atoms with E-state index < -0.39 is 0 Å². The second-order valence-corrected chi connectivity index (χ2v) is 6.45. The van der Waals surface area contributed by atoms with E-state index in [1.165, 1.54) is 14.0 Å². The maximum Gasteiger partial charge on any atom is 0.354 e. The van der Waals surface area contributed by atoms with E-state index in [9.17, 15) is 14.4 Å². The summed E-state index contributed by atoms with van der Waals surface area (Å²) in [6, 6.07) is 10.5. The predicted molar refractivity (Wildman–Crippen MR) is 96.4 cm³/mol. The number of benzene rings is 1. The molecule has 0 unspecified atom stereocenters. The lowest BCUT2D eigenvalue weighted by atomic mass is 10.0. The van der Waals surface area contributed by atoms with Gasteiger partial charge in [0.2, 0.25) is 0 Å². The molecule has 1 fully saturated rings. The van der Waals surface area contributed by atoms with E-state index in [2.05, 4.69) is 0 Å². The number of amides is 1. The third-order valence-electron chi connectivity index (χ3n) is 4.86. The predicted octanol–water partition coefficient (Wildman–Crippen LogP) is 2.95. The molecule has 3 rings (SSSR count). The largest absolute Gasteiger partial charge is 0.464 e. The zero-order valence-electron chi connectivity index (χ0n) is 15.0. The van der Waals surface area contributed by atoms with Crippen molar-refractivity contribution < 1.29 is 19.1 Å². The zero-order valence-corrected chi connectivity index (χ0v) is 15.0. The Bertz CT molecular complexity index is 815. The van der Waals surface area contributed by atoms with E-state index in [1.54, 1.807) is 30.3 Å². The third kappa shape index (κ3) is 3.54. The molecule has 0 N–H and O–H groups in total. The summed E-state index contributed by atoms with van der Waals surface area (Å²) >= 11 is 0. The average Bonchev–Trinajstić information content (AvgIpc) is 3.17. The number of Topliss-reactive ketones (excluding diaryl/α,β-unsaturated/α-hetero) is 1. The molecule has 0 aliphatic carbocycles. The Morgan fingerprint density at radius 2 is 1.62 bits per heavy atom. The summed E-state index contributed by atoms with van der Waals surface area (Å²) in [5.74, 6) is -0.392. The minimum Gasteiger partial charge on any atom is -0.464 e. The first-order chi connectivity index (χ1) is 12.5. The molecule has 1 aliphatic rings. The number of carbonyl (C=O) groups excluding carboxylic acids is 3. The topological polar surface area (TPSA) is 68.6 Å². The van der Waals surface area contributed by atoms with Gasteiger partial charge in [-0.3, -0.25) is 9.59 Å². The fraction of sp³-hybridized carbons (Fsp3) is 0.350. The van der Waals surface area contributed by atoms with Crippen LogP contribution in [0.25, 0.3) is 0 Å². The molecule has 0 atom stereocenters. The van der Waals surface area contributed by atoms with Crippen molar-refractivity contribution in [2.45, 2.75) is 25.8 Å². The summed E-state index contributed by atoms with van der Waals surface area (Å²) in [4.78, 5) is 37.7. The Labute approximate surface area is 152 Å². The number of hydrogen-bond acceptors (Lipinski definition) is 4. The molecule has 2 heterocycles. The van der Waals surface area contributed by atoms with Crippen LogP contribution in [-0.4, -0.2) is 47.3 Å². The first-order valence-electron chi connectivity index (χ1n) is 8.66. The molecule has 2 aromatic rings. The maximum absolute atomic E-state index is 12.7. The number of likely N-dealkylation sites (tertiary alicyclic amines) is 1. The van der Waals surface area contributed by atoms with Crippen LogP contribution in [0, 0.1) is 0 Å². The lowest BCUT2D eigenvalue weighted by Gasteiger charge is -2.33. The van der Waals surface area contributed by atoms with E-state index in [4.69, 9.17) is 4.74 Å². The standard InChI is InChI=1S/C20H22N2O4/c1-14(23)15-5-7-16(8-6-15)19(24)21-12-9-17(10-13-21)22-11-3-4-18(22)20(25)26-2/h3-8,11,17H,9-10,12-13H2,1-2H3. The molecule has 0 bridgehead atoms. The van der Waals surface area contributed by atoms with E-state index in [0.29, 0.717) is 29.9 Å². The van der Waals surface area contributed by atoms with Crippen molar-refractivity contribution in [2.75, 3.05) is 20.2 Å². The number of hydrogen-bond donors (Lipinski definition) is 0. The molecule has 1 saturated heterocycles. The molecule has 1 aliphatic heterocycles. The Balaban J connectivity index is 1.65. The second-order valence-electron chi connectivity index (χ2n) is 6.45. The molecule has 0 saturated carbocycles. The van der Waals surface area contributed by atoms with Crippen molar-refractivity contribution in [2.24, 2.45) is 0 Å². The van der Waals surface area contributed by atoms with Gasteiger partial charge in [-0.25, -0.2) is 4.79 Å². The van der Waals surface area contributed by atoms with Crippen LogP contribution >= 0.6 is 0 Å². The molecule has 0 radical (unpaired) electrons. The highest BCUT2D eigenvalue weighted by atomic mass is 16.5. The summed E-state index contributed by atoms with van der Waals surface area (Å²) < 4.78 is 6.76. The highest BCUT2D eigenvalue weighted by Gasteiger charge is 2.26. The van der Waals surface area contributed by atoms with Crippen molar-refractivity contribution in [1.82, 2.24) is 9.47 Å². The highest BCUT2D eigenvalue weighted by Crippen LogP contribution is 2.26. The van der Waals surface area contributed by atoms with E-state index in [-0.39, 0.29) is 23.7 Å². The van der Waals surface area contributed by atoms with Gasteiger partial charge in [-0.15, -0.1) is 0 Å². The number of ether oxygens (including phenoxy) is 1. The van der Waals surface area contributed by atoms with Gasteiger partial charge in [0.15, 0.2) is 5.78 Å². The Kier molecular flexibility index (Phi) is 5.21. The lowest BCUT2D eigenvalue weighted by molar-refractivity contribution is 0.0573. The minimum atomic E-state index is -0.348. The van der Waals surface area contributed by atoms with Crippen molar-refractivity contribution in [1.29, 1.82) is 0 Å². The molecule has 26 heavy (non-hydrogen) atoms. The summed E-state index contributed by atoms with van der Waals surface area (Å²) in [5.41, 5.74) is 1.73. The van der Waals surface area contributed by atoms with Crippen molar-refractivity contribution in [3.05, 3.63) is 59.4 Å². The zero-order chi connectivity index (χ0) is 18.7. The molecule has 136 valence electrons. The number of aromatic nitrogens is 1. The molecule has 1 aromatic heterocycles. The average molecular weight is 354 g/mol. The van der Waals surface area contributed by atoms with Crippen LogP contribution in [0.5, 0.6) is 0 Å². The van der Waals surface area contributed by atoms with Gasteiger partial charge in [0, 0.05) is 36.5 Å². The van der Waals surface area contributed by atoms with Crippen LogP contribution in [0.4, 0.5) is 0 Å². The van der Waals surface area contributed by atoms with Crippen molar-refractivity contribution in [3.63, 3.8) is 0 Å². The van der Waals surface area contributed by atoms with E-state index in [0.717, 1.165) is 12.8 Å².